The fourth-order valence-electron chi connectivity index (χ4n) is 3.46. The molecule has 2 aromatic rings. The Morgan fingerprint density at radius 3 is 3.08 bits per heavy atom. The van der Waals surface area contributed by atoms with Crippen LogP contribution in [0, 0.1) is 0 Å². The number of carbonyl (C=O) groups is 1. The third-order valence-electron chi connectivity index (χ3n) is 4.70. The predicted molar refractivity (Wildman–Crippen MR) is 106 cm³/mol. The molecule has 140 valence electrons. The Kier molecular flexibility index (Phi) is 7.03. The monoisotopic (exact) mass is 372 g/mol. The zero-order chi connectivity index (χ0) is 18.2. The van der Waals surface area contributed by atoms with Crippen LogP contribution >= 0.6 is 11.3 Å². The van der Waals surface area contributed by atoms with E-state index in [9.17, 15) is 4.79 Å². The molecule has 0 aromatic carbocycles. The zero-order valence-electron chi connectivity index (χ0n) is 15.4. The van der Waals surface area contributed by atoms with Crippen molar-refractivity contribution in [2.75, 3.05) is 19.6 Å². The van der Waals surface area contributed by atoms with Gasteiger partial charge in [-0.15, -0.1) is 0 Å². The Morgan fingerprint density at radius 2 is 2.35 bits per heavy atom. The maximum atomic E-state index is 12.8. The number of nitrogens with one attached hydrogen (secondary N) is 1. The molecule has 5 nitrogen and oxygen atoms in total. The minimum absolute atomic E-state index is 0.0614. The topological polar surface area (TPSA) is 48.5 Å². The Hall–Kier alpha value is -1.92. The molecule has 0 bridgehead atoms. The van der Waals surface area contributed by atoms with Crippen molar-refractivity contribution in [1.29, 1.82) is 0 Å². The van der Waals surface area contributed by atoms with Crippen LogP contribution in [0.4, 0.5) is 4.79 Å². The maximum absolute atomic E-state index is 12.8. The number of urea groups is 1. The molecule has 0 spiro atoms. The Labute approximate surface area is 160 Å². The average molecular weight is 373 g/mol. The summed E-state index contributed by atoms with van der Waals surface area (Å²) in [6, 6.07) is 6.46. The first-order valence-electron chi connectivity index (χ1n) is 9.42. The number of thiophene rings is 1. The number of hydrogen-bond donors (Lipinski definition) is 1. The predicted octanol–water partition coefficient (Wildman–Crippen LogP) is 3.73. The number of likely N-dealkylation sites (tertiary alicyclic amines) is 1. The highest BCUT2D eigenvalue weighted by molar-refractivity contribution is 7.07. The summed E-state index contributed by atoms with van der Waals surface area (Å²) in [5.41, 5.74) is 2.44. The molecule has 1 atom stereocenters. The summed E-state index contributed by atoms with van der Waals surface area (Å²) in [4.78, 5) is 21.3. The van der Waals surface area contributed by atoms with Crippen LogP contribution in [0.15, 0.2) is 41.4 Å². The highest BCUT2D eigenvalue weighted by Crippen LogP contribution is 2.15. The van der Waals surface area contributed by atoms with E-state index >= 15 is 0 Å². The molecule has 2 amide bonds. The van der Waals surface area contributed by atoms with Gasteiger partial charge in [0.1, 0.15) is 0 Å². The summed E-state index contributed by atoms with van der Waals surface area (Å²) in [6.45, 7) is 6.47. The van der Waals surface area contributed by atoms with Gasteiger partial charge in [-0.3, -0.25) is 9.88 Å². The lowest BCUT2D eigenvalue weighted by atomic mass is 10.1. The summed E-state index contributed by atoms with van der Waals surface area (Å²) in [5.74, 6) is 0. The maximum Gasteiger partial charge on any atom is 0.317 e. The van der Waals surface area contributed by atoms with Crippen molar-refractivity contribution < 1.29 is 4.79 Å². The Morgan fingerprint density at radius 1 is 1.42 bits per heavy atom. The molecule has 3 heterocycles. The summed E-state index contributed by atoms with van der Waals surface area (Å²) >= 11 is 1.68. The number of aromatic nitrogens is 1. The van der Waals surface area contributed by atoms with E-state index in [-0.39, 0.29) is 12.1 Å². The van der Waals surface area contributed by atoms with E-state index in [0.29, 0.717) is 6.54 Å². The van der Waals surface area contributed by atoms with Gasteiger partial charge in [0.05, 0.1) is 0 Å². The van der Waals surface area contributed by atoms with Crippen LogP contribution in [-0.4, -0.2) is 46.5 Å². The molecule has 0 saturated carbocycles. The number of piperidine rings is 1. The second-order valence-corrected chi connectivity index (χ2v) is 7.72. The highest BCUT2D eigenvalue weighted by Gasteiger charge is 2.23. The summed E-state index contributed by atoms with van der Waals surface area (Å²) in [7, 11) is 0. The standard InChI is InChI=1S/C20H28N4OS/c1-2-9-24(14-18-7-11-26-16-18)20(25)22-19-6-4-10-23(15-19)13-17-5-3-8-21-12-17/h3,5,7-8,11-12,16,19H,2,4,6,9-10,13-15H2,1H3,(H,22,25)/t19-/m0/s1. The SMILES string of the molecule is CCCN(Cc1ccsc1)C(=O)N[C@H]1CCCN(Cc2cccnc2)C1. The van der Waals surface area contributed by atoms with Gasteiger partial charge in [-0.1, -0.05) is 13.0 Å². The lowest BCUT2D eigenvalue weighted by Crippen LogP contribution is -2.51. The van der Waals surface area contributed by atoms with E-state index in [1.165, 1.54) is 11.1 Å². The Bertz CT molecular complexity index is 662. The molecule has 3 rings (SSSR count). The summed E-state index contributed by atoms with van der Waals surface area (Å²) in [5, 5.41) is 7.45. The summed E-state index contributed by atoms with van der Waals surface area (Å²) in [6.07, 6.45) is 6.86. The molecule has 1 fully saturated rings. The number of nitrogens with zero attached hydrogens (tertiary/aromatic N) is 3. The zero-order valence-corrected chi connectivity index (χ0v) is 16.3. The molecular weight excluding hydrogens is 344 g/mol. The molecule has 1 N–H and O–H groups in total. The molecule has 0 aliphatic carbocycles. The van der Waals surface area contributed by atoms with Gasteiger partial charge in [-0.25, -0.2) is 4.79 Å². The van der Waals surface area contributed by atoms with Gasteiger partial charge in [0.15, 0.2) is 0 Å². The number of pyridine rings is 1. The van der Waals surface area contributed by atoms with Crippen LogP contribution in [-0.2, 0) is 13.1 Å². The van der Waals surface area contributed by atoms with Gasteiger partial charge >= 0.3 is 6.03 Å². The van der Waals surface area contributed by atoms with Gasteiger partial charge in [0, 0.05) is 44.6 Å². The average Bonchev–Trinajstić information content (AvgIpc) is 3.16. The number of rotatable bonds is 7. The quantitative estimate of drug-likeness (QED) is 0.806. The van der Waals surface area contributed by atoms with Gasteiger partial charge < -0.3 is 10.2 Å². The molecule has 1 aliphatic heterocycles. The summed E-state index contributed by atoms with van der Waals surface area (Å²) < 4.78 is 0. The molecule has 6 heteroatoms. The fourth-order valence-corrected chi connectivity index (χ4v) is 4.12. The van der Waals surface area contributed by atoms with E-state index < -0.39 is 0 Å². The van der Waals surface area contributed by atoms with E-state index in [4.69, 9.17) is 0 Å². The fraction of sp³-hybridized carbons (Fsp3) is 0.500. The second-order valence-electron chi connectivity index (χ2n) is 6.94. The number of hydrogen-bond acceptors (Lipinski definition) is 4. The third-order valence-corrected chi connectivity index (χ3v) is 5.43. The molecule has 0 unspecified atom stereocenters. The van der Waals surface area contributed by atoms with Crippen molar-refractivity contribution in [3.8, 4) is 0 Å². The van der Waals surface area contributed by atoms with Gasteiger partial charge in [0.25, 0.3) is 0 Å². The van der Waals surface area contributed by atoms with Crippen LogP contribution in [0.25, 0.3) is 0 Å². The van der Waals surface area contributed by atoms with Crippen molar-refractivity contribution in [3.05, 3.63) is 52.5 Å². The van der Waals surface area contributed by atoms with Crippen LogP contribution in [0.1, 0.15) is 37.3 Å². The lowest BCUT2D eigenvalue weighted by molar-refractivity contribution is 0.162. The molecule has 1 aliphatic rings. The van der Waals surface area contributed by atoms with E-state index in [2.05, 4.69) is 45.0 Å². The van der Waals surface area contributed by atoms with Crippen LogP contribution in [0.2, 0.25) is 0 Å². The minimum atomic E-state index is 0.0614. The van der Waals surface area contributed by atoms with Crippen LogP contribution in [0.5, 0.6) is 0 Å². The highest BCUT2D eigenvalue weighted by atomic mass is 32.1. The van der Waals surface area contributed by atoms with Crippen LogP contribution in [0.3, 0.4) is 0 Å². The second kappa shape index (κ2) is 9.69. The Balaban J connectivity index is 1.53. The van der Waals surface area contributed by atoms with Crippen LogP contribution < -0.4 is 5.32 Å². The van der Waals surface area contributed by atoms with Crippen molar-refractivity contribution >= 4 is 17.4 Å². The number of carbonyl (C=O) groups excluding carboxylic acids is 1. The van der Waals surface area contributed by atoms with Gasteiger partial charge in [0.2, 0.25) is 0 Å². The van der Waals surface area contributed by atoms with E-state index in [1.807, 2.05) is 17.2 Å². The molecule has 1 saturated heterocycles. The van der Waals surface area contributed by atoms with Crippen molar-refractivity contribution in [2.45, 2.75) is 45.3 Å². The first-order chi connectivity index (χ1) is 12.7. The lowest BCUT2D eigenvalue weighted by Gasteiger charge is -2.34. The normalized spacial score (nSPS) is 17.8. The van der Waals surface area contributed by atoms with Gasteiger partial charge in [-0.2, -0.15) is 11.3 Å². The van der Waals surface area contributed by atoms with Gasteiger partial charge in [-0.05, 0) is 59.8 Å². The third kappa shape index (κ3) is 5.54. The smallest absolute Gasteiger partial charge is 0.317 e. The van der Waals surface area contributed by atoms with E-state index in [1.54, 1.807) is 17.5 Å². The number of amides is 2. The minimum Gasteiger partial charge on any atom is -0.334 e. The first-order valence-corrected chi connectivity index (χ1v) is 10.4. The molecule has 26 heavy (non-hydrogen) atoms. The van der Waals surface area contributed by atoms with Crippen molar-refractivity contribution in [1.82, 2.24) is 20.1 Å². The van der Waals surface area contributed by atoms with E-state index in [0.717, 1.165) is 45.4 Å². The molecule has 0 radical (unpaired) electrons. The molecule has 2 aromatic heterocycles. The van der Waals surface area contributed by atoms with Crippen molar-refractivity contribution in [3.63, 3.8) is 0 Å². The van der Waals surface area contributed by atoms with Crippen molar-refractivity contribution in [2.24, 2.45) is 0 Å². The first kappa shape index (κ1) is 18.9. The largest absolute Gasteiger partial charge is 0.334 e. The molecular formula is C20H28N4OS.